The van der Waals surface area contributed by atoms with Crippen LogP contribution in [-0.4, -0.2) is 17.1 Å². The lowest BCUT2D eigenvalue weighted by molar-refractivity contribution is -0.124. The van der Waals surface area contributed by atoms with Crippen LogP contribution in [0, 0.1) is 0 Å². The highest BCUT2D eigenvalue weighted by atomic mass is 35.5. The van der Waals surface area contributed by atoms with Gasteiger partial charge in [0.25, 0.3) is 0 Å². The number of hydrogen-bond donors (Lipinski definition) is 2. The third-order valence-electron chi connectivity index (χ3n) is 3.76. The van der Waals surface area contributed by atoms with Crippen molar-refractivity contribution < 1.29 is 9.59 Å². The lowest BCUT2D eigenvalue weighted by atomic mass is 10.1. The molecule has 1 aliphatic rings. The van der Waals surface area contributed by atoms with E-state index in [0.717, 1.165) is 16.2 Å². The molecule has 0 saturated carbocycles. The molecular formula is C17H17ClN2O2S2. The standard InChI is InChI=1S/C17H17ClN2O2S2/c1-2-11(13-4-3-7-23-13)19-16(21)9-15-17(22)20-12-8-10(18)5-6-14(12)24-15/h3-8,11,15H,2,9H2,1H3,(H,19,21)(H,20,22). The third-order valence-corrected chi connectivity index (χ3v) is 6.26. The quantitative estimate of drug-likeness (QED) is 0.804. The zero-order valence-electron chi connectivity index (χ0n) is 13.0. The molecule has 1 aromatic heterocycles. The molecule has 0 radical (unpaired) electrons. The molecule has 24 heavy (non-hydrogen) atoms. The van der Waals surface area contributed by atoms with Crippen molar-refractivity contribution in [2.75, 3.05) is 5.32 Å². The van der Waals surface area contributed by atoms with Gasteiger partial charge in [-0.05, 0) is 36.1 Å². The van der Waals surface area contributed by atoms with Crippen LogP contribution in [0.25, 0.3) is 0 Å². The van der Waals surface area contributed by atoms with Crippen LogP contribution in [0.2, 0.25) is 5.02 Å². The molecule has 0 aliphatic carbocycles. The van der Waals surface area contributed by atoms with Crippen LogP contribution in [0.3, 0.4) is 0 Å². The van der Waals surface area contributed by atoms with Crippen molar-refractivity contribution >= 4 is 52.2 Å². The Labute approximate surface area is 154 Å². The highest BCUT2D eigenvalue weighted by Gasteiger charge is 2.29. The number of carbonyl (C=O) groups excluding carboxylic acids is 2. The van der Waals surface area contributed by atoms with Gasteiger partial charge in [-0.2, -0.15) is 0 Å². The smallest absolute Gasteiger partial charge is 0.238 e. The van der Waals surface area contributed by atoms with Gasteiger partial charge in [0.05, 0.1) is 17.0 Å². The number of thiophene rings is 1. The summed E-state index contributed by atoms with van der Waals surface area (Å²) < 4.78 is 0. The fraction of sp³-hybridized carbons (Fsp3) is 0.294. The van der Waals surface area contributed by atoms with E-state index in [2.05, 4.69) is 10.6 Å². The number of fused-ring (bicyclic) bond motifs is 1. The average molecular weight is 381 g/mol. The first-order chi connectivity index (χ1) is 11.6. The number of thioether (sulfide) groups is 1. The van der Waals surface area contributed by atoms with Crippen LogP contribution in [-0.2, 0) is 9.59 Å². The van der Waals surface area contributed by atoms with Gasteiger partial charge >= 0.3 is 0 Å². The minimum absolute atomic E-state index is 0.000227. The molecule has 4 nitrogen and oxygen atoms in total. The van der Waals surface area contributed by atoms with Gasteiger partial charge in [0, 0.05) is 21.2 Å². The molecular weight excluding hydrogens is 364 g/mol. The Morgan fingerprint density at radius 2 is 2.25 bits per heavy atom. The van der Waals surface area contributed by atoms with Crippen LogP contribution < -0.4 is 10.6 Å². The number of amides is 2. The van der Waals surface area contributed by atoms with Crippen LogP contribution in [0.4, 0.5) is 5.69 Å². The number of anilines is 1. The number of hydrogen-bond acceptors (Lipinski definition) is 4. The molecule has 7 heteroatoms. The molecule has 0 saturated heterocycles. The molecule has 3 rings (SSSR count). The van der Waals surface area contributed by atoms with E-state index in [0.29, 0.717) is 10.7 Å². The molecule has 1 aromatic carbocycles. The van der Waals surface area contributed by atoms with Gasteiger partial charge in [-0.1, -0.05) is 24.6 Å². The predicted octanol–water partition coefficient (Wildman–Crippen LogP) is 4.47. The first kappa shape index (κ1) is 17.3. The molecule has 0 bridgehead atoms. The highest BCUT2D eigenvalue weighted by molar-refractivity contribution is 8.01. The van der Waals surface area contributed by atoms with Gasteiger partial charge in [0.1, 0.15) is 0 Å². The van der Waals surface area contributed by atoms with Crippen LogP contribution in [0.15, 0.2) is 40.6 Å². The zero-order chi connectivity index (χ0) is 17.1. The summed E-state index contributed by atoms with van der Waals surface area (Å²) in [6.07, 6.45) is 0.970. The monoisotopic (exact) mass is 380 g/mol. The molecule has 2 heterocycles. The summed E-state index contributed by atoms with van der Waals surface area (Å²) in [5.41, 5.74) is 0.708. The maximum atomic E-state index is 12.4. The fourth-order valence-electron chi connectivity index (χ4n) is 2.54. The Hall–Kier alpha value is -1.50. The fourth-order valence-corrected chi connectivity index (χ4v) is 4.67. The Kier molecular flexibility index (Phi) is 5.48. The van der Waals surface area contributed by atoms with Crippen molar-refractivity contribution in [3.8, 4) is 0 Å². The molecule has 0 fully saturated rings. The normalized spacial score (nSPS) is 17.8. The summed E-state index contributed by atoms with van der Waals surface area (Å²) in [4.78, 5) is 26.7. The maximum Gasteiger partial charge on any atom is 0.238 e. The summed E-state index contributed by atoms with van der Waals surface area (Å²) >= 11 is 8.97. The van der Waals surface area contributed by atoms with Gasteiger partial charge in [-0.15, -0.1) is 23.1 Å². The molecule has 2 unspecified atom stereocenters. The van der Waals surface area contributed by atoms with E-state index in [1.54, 1.807) is 23.5 Å². The van der Waals surface area contributed by atoms with Crippen molar-refractivity contribution in [1.29, 1.82) is 0 Å². The molecule has 2 atom stereocenters. The summed E-state index contributed by atoms with van der Waals surface area (Å²) in [5, 5.41) is 8.00. The molecule has 126 valence electrons. The van der Waals surface area contributed by atoms with Crippen molar-refractivity contribution in [3.63, 3.8) is 0 Å². The van der Waals surface area contributed by atoms with Gasteiger partial charge < -0.3 is 10.6 Å². The molecule has 2 aromatic rings. The Morgan fingerprint density at radius 3 is 2.96 bits per heavy atom. The minimum Gasteiger partial charge on any atom is -0.348 e. The maximum absolute atomic E-state index is 12.4. The summed E-state index contributed by atoms with van der Waals surface area (Å²) in [6.45, 7) is 2.03. The first-order valence-electron chi connectivity index (χ1n) is 7.66. The summed E-state index contributed by atoms with van der Waals surface area (Å²) in [6, 6.07) is 9.36. The van der Waals surface area contributed by atoms with Gasteiger partial charge in [0.15, 0.2) is 0 Å². The molecule has 2 amide bonds. The van der Waals surface area contributed by atoms with Crippen molar-refractivity contribution in [2.24, 2.45) is 0 Å². The number of halogens is 1. The van der Waals surface area contributed by atoms with Crippen molar-refractivity contribution in [2.45, 2.75) is 36.0 Å². The average Bonchev–Trinajstić information content (AvgIpc) is 3.08. The second-order valence-electron chi connectivity index (χ2n) is 5.48. The number of rotatable bonds is 5. The van der Waals surface area contributed by atoms with Gasteiger partial charge in [0.2, 0.25) is 11.8 Å². The highest BCUT2D eigenvalue weighted by Crippen LogP contribution is 2.38. The van der Waals surface area contributed by atoms with Crippen LogP contribution in [0.1, 0.15) is 30.7 Å². The first-order valence-corrected chi connectivity index (χ1v) is 9.80. The summed E-state index contributed by atoms with van der Waals surface area (Å²) in [5.74, 6) is -0.269. The Bertz CT molecular complexity index is 749. The van der Waals surface area contributed by atoms with Crippen LogP contribution >= 0.6 is 34.7 Å². The second-order valence-corrected chi connectivity index (χ2v) is 8.14. The van der Waals surface area contributed by atoms with E-state index in [1.165, 1.54) is 11.8 Å². The summed E-state index contributed by atoms with van der Waals surface area (Å²) in [7, 11) is 0. The Balaban J connectivity index is 1.64. The van der Waals surface area contributed by atoms with E-state index in [1.807, 2.05) is 30.5 Å². The minimum atomic E-state index is -0.431. The molecule has 2 N–H and O–H groups in total. The van der Waals surface area contributed by atoms with Gasteiger partial charge in [-0.3, -0.25) is 9.59 Å². The largest absolute Gasteiger partial charge is 0.348 e. The third kappa shape index (κ3) is 3.94. The number of carbonyl (C=O) groups is 2. The van der Waals surface area contributed by atoms with E-state index >= 15 is 0 Å². The van der Waals surface area contributed by atoms with Crippen molar-refractivity contribution in [3.05, 3.63) is 45.6 Å². The lowest BCUT2D eigenvalue weighted by Gasteiger charge is -2.24. The van der Waals surface area contributed by atoms with Gasteiger partial charge in [-0.25, -0.2) is 0 Å². The van der Waals surface area contributed by atoms with E-state index in [4.69, 9.17) is 11.6 Å². The van der Waals surface area contributed by atoms with E-state index < -0.39 is 5.25 Å². The van der Waals surface area contributed by atoms with Crippen LogP contribution in [0.5, 0.6) is 0 Å². The Morgan fingerprint density at radius 1 is 1.42 bits per heavy atom. The van der Waals surface area contributed by atoms with E-state index in [9.17, 15) is 9.59 Å². The van der Waals surface area contributed by atoms with Crippen molar-refractivity contribution in [1.82, 2.24) is 5.32 Å². The molecule has 0 spiro atoms. The van der Waals surface area contributed by atoms with E-state index in [-0.39, 0.29) is 24.3 Å². The number of benzene rings is 1. The second kappa shape index (κ2) is 7.59. The zero-order valence-corrected chi connectivity index (χ0v) is 15.4. The predicted molar refractivity (Wildman–Crippen MR) is 99.8 cm³/mol. The molecule has 1 aliphatic heterocycles. The topological polar surface area (TPSA) is 58.2 Å². The number of nitrogens with one attached hydrogen (secondary N) is 2. The lowest BCUT2D eigenvalue weighted by Crippen LogP contribution is -2.36. The SMILES string of the molecule is CCC(NC(=O)CC1Sc2ccc(Cl)cc2NC1=O)c1cccs1.